The van der Waals surface area contributed by atoms with Crippen LogP contribution in [0.15, 0.2) is 30.3 Å². The molecule has 0 radical (unpaired) electrons. The number of esters is 1. The molecule has 7 heteroatoms. The third kappa shape index (κ3) is 10.6. The van der Waals surface area contributed by atoms with Gasteiger partial charge in [-0.1, -0.05) is 59.7 Å². The van der Waals surface area contributed by atoms with Crippen LogP contribution in [-0.4, -0.2) is 49.8 Å². The second kappa shape index (κ2) is 14.0. The maximum absolute atomic E-state index is 12.9. The quantitative estimate of drug-likeness (QED) is 0.170. The molecular weight excluding hydrogens is 484 g/mol. The summed E-state index contributed by atoms with van der Waals surface area (Å²) in [4.78, 5) is 37.7. The third-order valence-corrected chi connectivity index (χ3v) is 11.9. The first-order chi connectivity index (χ1) is 17.0. The van der Waals surface area contributed by atoms with Crippen molar-refractivity contribution in [3.05, 3.63) is 35.9 Å². The van der Waals surface area contributed by atoms with Crippen LogP contribution >= 0.6 is 0 Å². The summed E-state index contributed by atoms with van der Waals surface area (Å²) in [7, 11) is -2.07. The Morgan fingerprint density at radius 3 is 2.22 bits per heavy atom. The van der Waals surface area contributed by atoms with Gasteiger partial charge in [0.05, 0.1) is 12.2 Å². The number of hydrogen-bond acceptors (Lipinski definition) is 6. The minimum atomic E-state index is -2.07. The van der Waals surface area contributed by atoms with E-state index in [-0.39, 0.29) is 48.7 Å². The molecule has 0 fully saturated rings. The molecule has 0 bridgehead atoms. The number of rotatable bonds is 15. The Bertz CT molecular complexity index is 939. The minimum absolute atomic E-state index is 0.0226. The van der Waals surface area contributed by atoms with Gasteiger partial charge in [-0.05, 0) is 49.0 Å². The maximum atomic E-state index is 12.9. The molecule has 0 heterocycles. The van der Waals surface area contributed by atoms with Gasteiger partial charge in [0.25, 0.3) is 0 Å². The van der Waals surface area contributed by atoms with Gasteiger partial charge in [0.1, 0.15) is 11.9 Å². The van der Waals surface area contributed by atoms with E-state index in [1.54, 1.807) is 44.2 Å². The zero-order chi connectivity index (χ0) is 28.4. The molecule has 0 amide bonds. The zero-order valence-electron chi connectivity index (χ0n) is 23.9. The van der Waals surface area contributed by atoms with Crippen LogP contribution in [0.25, 0.3) is 0 Å². The highest BCUT2D eigenvalue weighted by molar-refractivity contribution is 6.74. The fraction of sp³-hybridized carbons (Fsp3) is 0.633. The molecule has 0 spiro atoms. The Morgan fingerprint density at radius 2 is 1.68 bits per heavy atom. The fourth-order valence-electron chi connectivity index (χ4n) is 3.68. The summed E-state index contributed by atoms with van der Waals surface area (Å²) in [6.45, 7) is 16.3. The van der Waals surface area contributed by atoms with E-state index in [0.717, 1.165) is 0 Å². The number of carbonyl (C=O) groups is 3. The molecule has 0 unspecified atom stereocenters. The van der Waals surface area contributed by atoms with Crippen LogP contribution in [0.4, 0.5) is 0 Å². The van der Waals surface area contributed by atoms with E-state index in [0.29, 0.717) is 18.4 Å². The van der Waals surface area contributed by atoms with E-state index >= 15 is 0 Å². The lowest BCUT2D eigenvalue weighted by atomic mass is 9.81. The van der Waals surface area contributed by atoms with Gasteiger partial charge in [0, 0.05) is 30.8 Å². The average molecular weight is 531 g/mol. The highest BCUT2D eigenvalue weighted by Crippen LogP contribution is 2.39. The number of carbonyl (C=O) groups excluding carboxylic acids is 3. The summed E-state index contributed by atoms with van der Waals surface area (Å²) in [6, 6.07) is 8.61. The summed E-state index contributed by atoms with van der Waals surface area (Å²) < 4.78 is 11.9. The van der Waals surface area contributed by atoms with Crippen LogP contribution in [0.2, 0.25) is 18.1 Å². The second-order valence-electron chi connectivity index (χ2n) is 12.1. The highest BCUT2D eigenvalue weighted by Gasteiger charge is 2.40. The standard InChI is InChI=1S/C30H46O6Si/c1-10-14-22(2)26(36-37(8,9)29(3,4)5)18-17-24(31)21-25(32)27(33)30(6,7)19-20-35-28(34)23-15-12-11-13-16-23/h1,11-13,15-16,22,25-26,32H,14,17-21H2,2-9H3/t22-,25-,26-/m0/s1. The molecule has 0 aromatic heterocycles. The molecule has 0 saturated carbocycles. The van der Waals surface area contributed by atoms with Gasteiger partial charge in [-0.25, -0.2) is 4.79 Å². The molecule has 1 N–H and O–H groups in total. The van der Waals surface area contributed by atoms with E-state index in [1.807, 2.05) is 6.92 Å². The molecule has 0 aliphatic heterocycles. The molecule has 37 heavy (non-hydrogen) atoms. The van der Waals surface area contributed by atoms with Gasteiger partial charge >= 0.3 is 5.97 Å². The van der Waals surface area contributed by atoms with Gasteiger partial charge in [-0.2, -0.15) is 0 Å². The molecule has 0 aliphatic rings. The van der Waals surface area contributed by atoms with Crippen molar-refractivity contribution in [2.75, 3.05) is 6.61 Å². The van der Waals surface area contributed by atoms with Crippen LogP contribution in [0.5, 0.6) is 0 Å². The topological polar surface area (TPSA) is 89.9 Å². The Balaban J connectivity index is 2.65. The summed E-state index contributed by atoms with van der Waals surface area (Å²) in [5.74, 6) is 1.69. The zero-order valence-corrected chi connectivity index (χ0v) is 24.9. The lowest BCUT2D eigenvalue weighted by Crippen LogP contribution is -2.45. The predicted octanol–water partition coefficient (Wildman–Crippen LogP) is 5.98. The Labute approximate surface area is 224 Å². The number of hydrogen-bond donors (Lipinski definition) is 1. The van der Waals surface area contributed by atoms with Crippen molar-refractivity contribution in [3.8, 4) is 12.3 Å². The first-order valence-electron chi connectivity index (χ1n) is 13.1. The molecule has 1 rings (SSSR count). The van der Waals surface area contributed by atoms with Crippen molar-refractivity contribution in [1.82, 2.24) is 0 Å². The molecule has 3 atom stereocenters. The van der Waals surface area contributed by atoms with Crippen LogP contribution in [0, 0.1) is 23.7 Å². The van der Waals surface area contributed by atoms with E-state index < -0.39 is 31.6 Å². The molecular formula is C30H46O6Si. The Kier molecular flexibility index (Phi) is 12.4. The molecule has 0 saturated heterocycles. The van der Waals surface area contributed by atoms with Crippen molar-refractivity contribution in [1.29, 1.82) is 0 Å². The Morgan fingerprint density at radius 1 is 1.08 bits per heavy atom. The highest BCUT2D eigenvalue weighted by atomic mass is 28.4. The van der Waals surface area contributed by atoms with E-state index in [2.05, 4.69) is 39.8 Å². The van der Waals surface area contributed by atoms with E-state index in [4.69, 9.17) is 15.6 Å². The molecule has 1 aromatic carbocycles. The fourth-order valence-corrected chi connectivity index (χ4v) is 5.14. The monoisotopic (exact) mass is 530 g/mol. The van der Waals surface area contributed by atoms with Gasteiger partial charge in [0.15, 0.2) is 14.1 Å². The average Bonchev–Trinajstić information content (AvgIpc) is 2.80. The number of aliphatic hydroxyl groups is 1. The van der Waals surface area contributed by atoms with E-state index in [9.17, 15) is 19.5 Å². The SMILES string of the molecule is C#CC[C@H](C)[C@H](CCC(=O)C[C@H](O)C(=O)C(C)(C)CCOC(=O)c1ccccc1)O[Si](C)(C)C(C)(C)C. The number of terminal acetylenes is 1. The number of Topliss-reactive ketones (excluding diaryl/α,β-unsaturated/α-hetero) is 2. The van der Waals surface area contributed by atoms with Crippen LogP contribution in [-0.2, 0) is 18.8 Å². The smallest absolute Gasteiger partial charge is 0.338 e. The lowest BCUT2D eigenvalue weighted by molar-refractivity contribution is -0.139. The van der Waals surface area contributed by atoms with Gasteiger partial charge in [-0.3, -0.25) is 9.59 Å². The number of benzene rings is 1. The molecule has 1 aromatic rings. The van der Waals surface area contributed by atoms with Crippen LogP contribution in [0.3, 0.4) is 0 Å². The predicted molar refractivity (Wildman–Crippen MR) is 150 cm³/mol. The first kappa shape index (κ1) is 32.8. The van der Waals surface area contributed by atoms with Crippen molar-refractivity contribution in [3.63, 3.8) is 0 Å². The van der Waals surface area contributed by atoms with Crippen LogP contribution in [0.1, 0.15) is 84.0 Å². The molecule has 206 valence electrons. The third-order valence-electron chi connectivity index (χ3n) is 7.39. The van der Waals surface area contributed by atoms with Crippen molar-refractivity contribution in [2.45, 2.75) is 104 Å². The minimum Gasteiger partial charge on any atom is -0.462 e. The summed E-state index contributed by atoms with van der Waals surface area (Å²) in [5, 5.41) is 10.6. The lowest BCUT2D eigenvalue weighted by Gasteiger charge is -2.41. The maximum Gasteiger partial charge on any atom is 0.338 e. The van der Waals surface area contributed by atoms with Gasteiger partial charge in [0.2, 0.25) is 0 Å². The van der Waals surface area contributed by atoms with Crippen molar-refractivity contribution in [2.24, 2.45) is 11.3 Å². The Hall–Kier alpha value is -2.27. The normalized spacial score (nSPS) is 14.8. The number of aliphatic hydroxyl groups excluding tert-OH is 1. The summed E-state index contributed by atoms with van der Waals surface area (Å²) in [5.41, 5.74) is -0.518. The first-order valence-corrected chi connectivity index (χ1v) is 16.0. The van der Waals surface area contributed by atoms with Crippen molar-refractivity contribution >= 4 is 25.9 Å². The van der Waals surface area contributed by atoms with Crippen molar-refractivity contribution < 1.29 is 28.7 Å². The van der Waals surface area contributed by atoms with Crippen LogP contribution < -0.4 is 0 Å². The molecule has 6 nitrogen and oxygen atoms in total. The van der Waals surface area contributed by atoms with Gasteiger partial charge in [-0.15, -0.1) is 12.3 Å². The van der Waals surface area contributed by atoms with Gasteiger partial charge < -0.3 is 14.3 Å². The second-order valence-corrected chi connectivity index (χ2v) is 16.9. The number of ether oxygens (including phenoxy) is 1. The number of ketones is 2. The largest absolute Gasteiger partial charge is 0.462 e. The molecule has 0 aliphatic carbocycles. The van der Waals surface area contributed by atoms with E-state index in [1.165, 1.54) is 0 Å². The summed E-state index contributed by atoms with van der Waals surface area (Å²) in [6.07, 6.45) is 5.20. The summed E-state index contributed by atoms with van der Waals surface area (Å²) >= 11 is 0.